The van der Waals surface area contributed by atoms with Gasteiger partial charge < -0.3 is 24.6 Å². The van der Waals surface area contributed by atoms with Crippen LogP contribution in [0.5, 0.6) is 17.4 Å². The quantitative estimate of drug-likeness (QED) is 0.895. The second-order valence-electron chi connectivity index (χ2n) is 6.75. The first-order valence-corrected chi connectivity index (χ1v) is 9.09. The van der Waals surface area contributed by atoms with Gasteiger partial charge in [0.2, 0.25) is 11.8 Å². The summed E-state index contributed by atoms with van der Waals surface area (Å²) in [5.41, 5.74) is 2.15. The van der Waals surface area contributed by atoms with Gasteiger partial charge in [0.15, 0.2) is 0 Å². The zero-order chi connectivity index (χ0) is 17.9. The van der Waals surface area contributed by atoms with Crippen LogP contribution >= 0.6 is 0 Å². The van der Waals surface area contributed by atoms with Crippen molar-refractivity contribution >= 4 is 5.95 Å². The van der Waals surface area contributed by atoms with Gasteiger partial charge in [-0.05, 0) is 31.3 Å². The van der Waals surface area contributed by atoms with E-state index in [1.165, 1.54) is 0 Å². The molecule has 0 atom stereocenters. The lowest BCUT2D eigenvalue weighted by Crippen LogP contribution is -2.45. The number of nitrogens with one attached hydrogen (secondary N) is 1. The van der Waals surface area contributed by atoms with Crippen LogP contribution < -0.4 is 19.7 Å². The van der Waals surface area contributed by atoms with Crippen LogP contribution in [-0.2, 0) is 13.0 Å². The molecule has 1 aromatic carbocycles. The molecule has 0 aliphatic carbocycles. The van der Waals surface area contributed by atoms with E-state index in [0.717, 1.165) is 74.4 Å². The zero-order valence-corrected chi connectivity index (χ0v) is 15.4. The second-order valence-corrected chi connectivity index (χ2v) is 6.75. The summed E-state index contributed by atoms with van der Waals surface area (Å²) >= 11 is 0. The van der Waals surface area contributed by atoms with E-state index in [0.29, 0.717) is 5.88 Å². The van der Waals surface area contributed by atoms with E-state index in [1.54, 1.807) is 7.11 Å². The highest BCUT2D eigenvalue weighted by Crippen LogP contribution is 2.30. The number of benzene rings is 1. The highest BCUT2D eigenvalue weighted by Gasteiger charge is 2.23. The summed E-state index contributed by atoms with van der Waals surface area (Å²) in [6, 6.07) is 7.59. The molecule has 1 N–H and O–H groups in total. The standard InChI is InChI=1S/C19H25N5O2/c1-23-9-11-24(12-10-23)19-21-17-7-8-20-13-16(17)18(22-19)26-15-5-3-14(25-2)4-6-15/h3-6,20H,7-13H2,1-2H3. The third-order valence-corrected chi connectivity index (χ3v) is 4.94. The minimum Gasteiger partial charge on any atom is -0.497 e. The lowest BCUT2D eigenvalue weighted by molar-refractivity contribution is 0.310. The molecule has 0 radical (unpaired) electrons. The van der Waals surface area contributed by atoms with Crippen molar-refractivity contribution in [3.05, 3.63) is 35.5 Å². The van der Waals surface area contributed by atoms with Gasteiger partial charge >= 0.3 is 0 Å². The van der Waals surface area contributed by atoms with E-state index < -0.39 is 0 Å². The fourth-order valence-electron chi connectivity index (χ4n) is 3.29. The Morgan fingerprint density at radius 2 is 1.73 bits per heavy atom. The molecule has 0 bridgehead atoms. The number of piperazine rings is 1. The Morgan fingerprint density at radius 1 is 1.00 bits per heavy atom. The molecule has 7 nitrogen and oxygen atoms in total. The fraction of sp³-hybridized carbons (Fsp3) is 0.474. The number of methoxy groups -OCH3 is 1. The topological polar surface area (TPSA) is 62.8 Å². The van der Waals surface area contributed by atoms with Gasteiger partial charge in [0.05, 0.1) is 18.4 Å². The molecule has 1 saturated heterocycles. The van der Waals surface area contributed by atoms with Crippen molar-refractivity contribution in [3.63, 3.8) is 0 Å². The van der Waals surface area contributed by atoms with Gasteiger partial charge in [0.1, 0.15) is 11.5 Å². The Hall–Kier alpha value is -2.38. The molecule has 3 heterocycles. The first-order valence-electron chi connectivity index (χ1n) is 9.09. The van der Waals surface area contributed by atoms with E-state index >= 15 is 0 Å². The Labute approximate surface area is 153 Å². The first kappa shape index (κ1) is 17.1. The zero-order valence-electron chi connectivity index (χ0n) is 15.4. The number of ether oxygens (including phenoxy) is 2. The highest BCUT2D eigenvalue weighted by atomic mass is 16.5. The Bertz CT molecular complexity index is 757. The molecule has 1 fully saturated rings. The molecule has 26 heavy (non-hydrogen) atoms. The third kappa shape index (κ3) is 3.59. The summed E-state index contributed by atoms with van der Waals surface area (Å²) in [6.45, 7) is 5.61. The SMILES string of the molecule is COc1ccc(Oc2nc(N3CCN(C)CC3)nc3c2CNCC3)cc1. The van der Waals surface area contributed by atoms with Crippen LogP contribution in [0.4, 0.5) is 5.95 Å². The number of hydrogen-bond acceptors (Lipinski definition) is 7. The van der Waals surface area contributed by atoms with Gasteiger partial charge in [-0.15, -0.1) is 0 Å². The van der Waals surface area contributed by atoms with E-state index in [4.69, 9.17) is 19.4 Å². The van der Waals surface area contributed by atoms with Crippen LogP contribution in [0.25, 0.3) is 0 Å². The molecular weight excluding hydrogens is 330 g/mol. The molecule has 0 saturated carbocycles. The summed E-state index contributed by atoms with van der Waals surface area (Å²) in [6.07, 6.45) is 0.900. The van der Waals surface area contributed by atoms with Crippen molar-refractivity contribution in [2.45, 2.75) is 13.0 Å². The number of hydrogen-bond donors (Lipinski definition) is 1. The normalized spacial score (nSPS) is 17.7. The van der Waals surface area contributed by atoms with Crippen LogP contribution in [0, 0.1) is 0 Å². The molecule has 7 heteroatoms. The molecule has 0 unspecified atom stereocenters. The maximum atomic E-state index is 6.15. The van der Waals surface area contributed by atoms with Crippen LogP contribution in [0.1, 0.15) is 11.3 Å². The molecule has 0 spiro atoms. The summed E-state index contributed by atoms with van der Waals surface area (Å²) < 4.78 is 11.4. The van der Waals surface area contributed by atoms with Crippen molar-refractivity contribution < 1.29 is 9.47 Å². The van der Waals surface area contributed by atoms with Gasteiger partial charge in [0.25, 0.3) is 0 Å². The van der Waals surface area contributed by atoms with Gasteiger partial charge in [-0.1, -0.05) is 0 Å². The van der Waals surface area contributed by atoms with Crippen LogP contribution in [0.3, 0.4) is 0 Å². The average molecular weight is 355 g/mol. The first-order chi connectivity index (χ1) is 12.7. The summed E-state index contributed by atoms with van der Waals surface area (Å²) in [5.74, 6) is 2.99. The number of rotatable bonds is 4. The number of nitrogens with zero attached hydrogens (tertiary/aromatic N) is 4. The average Bonchev–Trinajstić information content (AvgIpc) is 2.69. The number of likely N-dealkylation sites (N-methyl/N-ethyl adjacent to an activating group) is 1. The third-order valence-electron chi connectivity index (χ3n) is 4.94. The number of anilines is 1. The van der Waals surface area contributed by atoms with Crippen LogP contribution in [0.2, 0.25) is 0 Å². The Balaban J connectivity index is 1.64. The van der Waals surface area contributed by atoms with Gasteiger partial charge in [-0.3, -0.25) is 0 Å². The largest absolute Gasteiger partial charge is 0.497 e. The van der Waals surface area contributed by atoms with Crippen molar-refractivity contribution in [1.29, 1.82) is 0 Å². The monoisotopic (exact) mass is 355 g/mol. The summed E-state index contributed by atoms with van der Waals surface area (Å²) in [5, 5.41) is 3.39. The lowest BCUT2D eigenvalue weighted by atomic mass is 10.1. The molecule has 4 rings (SSSR count). The maximum absolute atomic E-state index is 6.15. The molecule has 2 aromatic rings. The minimum atomic E-state index is 0.654. The van der Waals surface area contributed by atoms with Crippen molar-refractivity contribution in [2.24, 2.45) is 0 Å². The van der Waals surface area contributed by atoms with Crippen LogP contribution in [0.15, 0.2) is 24.3 Å². The van der Waals surface area contributed by atoms with Crippen LogP contribution in [-0.4, -0.2) is 61.7 Å². The predicted octanol–water partition coefficient (Wildman–Crippen LogP) is 1.67. The Kier molecular flexibility index (Phi) is 4.90. The van der Waals surface area contributed by atoms with Gasteiger partial charge in [-0.25, -0.2) is 4.98 Å². The molecule has 0 amide bonds. The number of fused-ring (bicyclic) bond motifs is 1. The van der Waals surface area contributed by atoms with E-state index in [1.807, 2.05) is 24.3 Å². The van der Waals surface area contributed by atoms with Gasteiger partial charge in [-0.2, -0.15) is 4.98 Å². The lowest BCUT2D eigenvalue weighted by Gasteiger charge is -2.33. The highest BCUT2D eigenvalue weighted by molar-refractivity contribution is 5.44. The number of aromatic nitrogens is 2. The second kappa shape index (κ2) is 7.47. The van der Waals surface area contributed by atoms with Crippen molar-refractivity contribution in [3.8, 4) is 17.4 Å². The van der Waals surface area contributed by atoms with Crippen molar-refractivity contribution in [1.82, 2.24) is 20.2 Å². The summed E-state index contributed by atoms with van der Waals surface area (Å²) in [7, 11) is 3.81. The van der Waals surface area contributed by atoms with Gasteiger partial charge in [0, 0.05) is 45.7 Å². The van der Waals surface area contributed by atoms with E-state index in [9.17, 15) is 0 Å². The predicted molar refractivity (Wildman–Crippen MR) is 100 cm³/mol. The molecule has 1 aromatic heterocycles. The Morgan fingerprint density at radius 3 is 2.46 bits per heavy atom. The summed E-state index contributed by atoms with van der Waals surface area (Å²) in [4.78, 5) is 14.2. The maximum Gasteiger partial charge on any atom is 0.228 e. The molecular formula is C19H25N5O2. The van der Waals surface area contributed by atoms with Crippen molar-refractivity contribution in [2.75, 3.05) is 51.8 Å². The smallest absolute Gasteiger partial charge is 0.228 e. The molecule has 2 aliphatic heterocycles. The van der Waals surface area contributed by atoms with E-state index in [2.05, 4.69) is 22.2 Å². The minimum absolute atomic E-state index is 0.654. The molecule has 2 aliphatic rings. The fourth-order valence-corrected chi connectivity index (χ4v) is 3.29. The van der Waals surface area contributed by atoms with E-state index in [-0.39, 0.29) is 0 Å². The molecule has 138 valence electrons.